The van der Waals surface area contributed by atoms with Crippen molar-refractivity contribution < 1.29 is 9.90 Å². The van der Waals surface area contributed by atoms with Gasteiger partial charge in [-0.2, -0.15) is 0 Å². The number of hydrogen-bond donors (Lipinski definition) is 2. The van der Waals surface area contributed by atoms with E-state index < -0.39 is 0 Å². The van der Waals surface area contributed by atoms with Gasteiger partial charge in [-0.25, -0.2) is 0 Å². The smallest absolute Gasteiger partial charge is 0.225 e. The van der Waals surface area contributed by atoms with Crippen LogP contribution in [0.4, 0.5) is 0 Å². The second-order valence-corrected chi connectivity index (χ2v) is 4.37. The molecule has 1 amide bonds. The standard InChI is InChI=1S/C11H22N2O2/c1-13(6-7-14)11(15)10-5-3-2-4-9(10)8-12/h9-10,14H,2-8,12H2,1H3. The van der Waals surface area contributed by atoms with Crippen LogP contribution in [0, 0.1) is 11.8 Å². The molecular formula is C11H22N2O2. The van der Waals surface area contributed by atoms with Crippen LogP contribution in [-0.2, 0) is 4.79 Å². The van der Waals surface area contributed by atoms with E-state index in [1.807, 2.05) is 0 Å². The first-order valence-electron chi connectivity index (χ1n) is 5.76. The lowest BCUT2D eigenvalue weighted by Crippen LogP contribution is -2.41. The predicted octanol–water partition coefficient (Wildman–Crippen LogP) is 0.202. The van der Waals surface area contributed by atoms with Crippen molar-refractivity contribution >= 4 is 5.91 Å². The Balaban J connectivity index is 2.55. The van der Waals surface area contributed by atoms with Gasteiger partial charge in [0.1, 0.15) is 0 Å². The minimum Gasteiger partial charge on any atom is -0.395 e. The molecule has 0 bridgehead atoms. The second-order valence-electron chi connectivity index (χ2n) is 4.37. The van der Waals surface area contributed by atoms with E-state index in [2.05, 4.69) is 0 Å². The van der Waals surface area contributed by atoms with Crippen LogP contribution in [0.5, 0.6) is 0 Å². The first kappa shape index (κ1) is 12.5. The molecule has 0 saturated heterocycles. The van der Waals surface area contributed by atoms with Gasteiger partial charge >= 0.3 is 0 Å². The van der Waals surface area contributed by atoms with E-state index in [9.17, 15) is 4.79 Å². The number of aliphatic hydroxyl groups is 1. The van der Waals surface area contributed by atoms with Gasteiger partial charge in [0.25, 0.3) is 0 Å². The van der Waals surface area contributed by atoms with Crippen LogP contribution >= 0.6 is 0 Å². The van der Waals surface area contributed by atoms with Gasteiger partial charge < -0.3 is 15.7 Å². The van der Waals surface area contributed by atoms with Gasteiger partial charge in [0.05, 0.1) is 6.61 Å². The van der Waals surface area contributed by atoms with Crippen LogP contribution in [-0.4, -0.2) is 42.7 Å². The van der Waals surface area contributed by atoms with Crippen molar-refractivity contribution in [3.8, 4) is 0 Å². The maximum absolute atomic E-state index is 12.0. The Hall–Kier alpha value is -0.610. The fourth-order valence-corrected chi connectivity index (χ4v) is 2.36. The van der Waals surface area contributed by atoms with Gasteiger partial charge in [0, 0.05) is 19.5 Å². The van der Waals surface area contributed by atoms with E-state index in [1.165, 1.54) is 6.42 Å². The molecule has 88 valence electrons. The summed E-state index contributed by atoms with van der Waals surface area (Å²) >= 11 is 0. The van der Waals surface area contributed by atoms with Crippen LogP contribution in [0.2, 0.25) is 0 Å². The molecule has 0 spiro atoms. The maximum atomic E-state index is 12.0. The number of aliphatic hydroxyl groups excluding tert-OH is 1. The minimum atomic E-state index is 0.0300. The molecule has 1 fully saturated rings. The summed E-state index contributed by atoms with van der Waals surface area (Å²) in [6, 6.07) is 0. The Labute approximate surface area is 91.4 Å². The third-order valence-corrected chi connectivity index (χ3v) is 3.34. The highest BCUT2D eigenvalue weighted by atomic mass is 16.3. The van der Waals surface area contributed by atoms with Crippen molar-refractivity contribution in [2.45, 2.75) is 25.7 Å². The fraction of sp³-hybridized carbons (Fsp3) is 0.909. The zero-order chi connectivity index (χ0) is 11.3. The van der Waals surface area contributed by atoms with E-state index in [0.29, 0.717) is 19.0 Å². The number of carbonyl (C=O) groups is 1. The number of nitrogens with zero attached hydrogens (tertiary/aromatic N) is 1. The Morgan fingerprint density at radius 1 is 1.47 bits per heavy atom. The van der Waals surface area contributed by atoms with E-state index in [-0.39, 0.29) is 18.4 Å². The SMILES string of the molecule is CN(CCO)C(=O)C1CCCCC1CN. The minimum absolute atomic E-state index is 0.0300. The summed E-state index contributed by atoms with van der Waals surface area (Å²) < 4.78 is 0. The van der Waals surface area contributed by atoms with Crippen molar-refractivity contribution in [2.75, 3.05) is 26.7 Å². The van der Waals surface area contributed by atoms with Crippen molar-refractivity contribution in [1.82, 2.24) is 4.90 Å². The van der Waals surface area contributed by atoms with Crippen molar-refractivity contribution in [2.24, 2.45) is 17.6 Å². The van der Waals surface area contributed by atoms with Crippen molar-refractivity contribution in [3.63, 3.8) is 0 Å². The molecular weight excluding hydrogens is 192 g/mol. The van der Waals surface area contributed by atoms with Crippen LogP contribution in [0.25, 0.3) is 0 Å². The number of hydrogen-bond acceptors (Lipinski definition) is 3. The van der Waals surface area contributed by atoms with Gasteiger partial charge in [-0.05, 0) is 25.3 Å². The average Bonchev–Trinajstić information content (AvgIpc) is 2.28. The number of nitrogens with two attached hydrogens (primary N) is 1. The summed E-state index contributed by atoms with van der Waals surface area (Å²) in [5, 5.41) is 8.79. The number of carbonyl (C=O) groups excluding carboxylic acids is 1. The highest BCUT2D eigenvalue weighted by Gasteiger charge is 2.31. The molecule has 1 aliphatic carbocycles. The summed E-state index contributed by atoms with van der Waals surface area (Å²) in [7, 11) is 1.75. The van der Waals surface area contributed by atoms with E-state index >= 15 is 0 Å². The highest BCUT2D eigenvalue weighted by molar-refractivity contribution is 5.79. The topological polar surface area (TPSA) is 66.6 Å². The predicted molar refractivity (Wildman–Crippen MR) is 59.2 cm³/mol. The molecule has 0 radical (unpaired) electrons. The number of likely N-dealkylation sites (N-methyl/N-ethyl adjacent to an activating group) is 1. The van der Waals surface area contributed by atoms with Gasteiger partial charge in [0.2, 0.25) is 5.91 Å². The average molecular weight is 214 g/mol. The van der Waals surface area contributed by atoms with Crippen molar-refractivity contribution in [3.05, 3.63) is 0 Å². The monoisotopic (exact) mass is 214 g/mol. The molecule has 0 heterocycles. The largest absolute Gasteiger partial charge is 0.395 e. The van der Waals surface area contributed by atoms with E-state index in [1.54, 1.807) is 11.9 Å². The lowest BCUT2D eigenvalue weighted by atomic mass is 9.78. The number of amides is 1. The molecule has 1 rings (SSSR count). The summed E-state index contributed by atoms with van der Waals surface area (Å²) in [6.07, 6.45) is 4.34. The molecule has 1 saturated carbocycles. The van der Waals surface area contributed by atoms with E-state index in [0.717, 1.165) is 19.3 Å². The van der Waals surface area contributed by atoms with Gasteiger partial charge in [0.15, 0.2) is 0 Å². The molecule has 2 unspecified atom stereocenters. The van der Waals surface area contributed by atoms with Crippen molar-refractivity contribution in [1.29, 1.82) is 0 Å². The maximum Gasteiger partial charge on any atom is 0.225 e. The molecule has 4 nitrogen and oxygen atoms in total. The second kappa shape index (κ2) is 6.08. The van der Waals surface area contributed by atoms with Gasteiger partial charge in [-0.1, -0.05) is 12.8 Å². The molecule has 0 aliphatic heterocycles. The zero-order valence-corrected chi connectivity index (χ0v) is 9.48. The summed E-state index contributed by atoms with van der Waals surface area (Å²) in [5.74, 6) is 0.576. The first-order valence-corrected chi connectivity index (χ1v) is 5.76. The molecule has 3 N–H and O–H groups in total. The molecule has 0 aromatic carbocycles. The summed E-state index contributed by atoms with van der Waals surface area (Å²) in [6.45, 7) is 1.05. The zero-order valence-electron chi connectivity index (χ0n) is 9.48. The summed E-state index contributed by atoms with van der Waals surface area (Å²) in [5.41, 5.74) is 5.69. The molecule has 2 atom stereocenters. The van der Waals surface area contributed by atoms with Gasteiger partial charge in [-0.15, -0.1) is 0 Å². The lowest BCUT2D eigenvalue weighted by molar-refractivity contribution is -0.137. The Morgan fingerprint density at radius 3 is 2.73 bits per heavy atom. The molecule has 15 heavy (non-hydrogen) atoms. The Morgan fingerprint density at radius 2 is 2.13 bits per heavy atom. The lowest BCUT2D eigenvalue weighted by Gasteiger charge is -2.32. The third kappa shape index (κ3) is 3.18. The molecule has 4 heteroatoms. The van der Waals surface area contributed by atoms with E-state index in [4.69, 9.17) is 10.8 Å². The quantitative estimate of drug-likeness (QED) is 0.702. The van der Waals surface area contributed by atoms with Crippen LogP contribution in [0.15, 0.2) is 0 Å². The third-order valence-electron chi connectivity index (χ3n) is 3.34. The van der Waals surface area contributed by atoms with Crippen LogP contribution in [0.1, 0.15) is 25.7 Å². The fourth-order valence-electron chi connectivity index (χ4n) is 2.36. The summed E-state index contributed by atoms with van der Waals surface area (Å²) in [4.78, 5) is 13.6. The first-order chi connectivity index (χ1) is 7.20. The molecule has 1 aliphatic rings. The molecule has 0 aromatic rings. The Kier molecular flexibility index (Phi) is 5.05. The highest BCUT2D eigenvalue weighted by Crippen LogP contribution is 2.30. The van der Waals surface area contributed by atoms with Crippen LogP contribution in [0.3, 0.4) is 0 Å². The number of rotatable bonds is 4. The molecule has 0 aromatic heterocycles. The Bertz CT molecular complexity index is 209. The van der Waals surface area contributed by atoms with Gasteiger partial charge in [-0.3, -0.25) is 4.79 Å². The van der Waals surface area contributed by atoms with Crippen LogP contribution < -0.4 is 5.73 Å². The normalized spacial score (nSPS) is 26.3.